The average Bonchev–Trinajstić information content (AvgIpc) is 1.59. The molecule has 6 heteroatoms. The van der Waals surface area contributed by atoms with Crippen LogP contribution < -0.4 is 0 Å². The van der Waals surface area contributed by atoms with Crippen LogP contribution in [0.3, 0.4) is 0 Å². The molecule has 1 N–H and O–H groups in total. The van der Waals surface area contributed by atoms with Crippen molar-refractivity contribution in [2.45, 2.75) is 10.2 Å². The monoisotopic (exact) mass is 210 g/mol. The molecule has 0 heterocycles. The van der Waals surface area contributed by atoms with E-state index in [1.807, 2.05) is 0 Å². The third-order valence-corrected chi connectivity index (χ3v) is 1.68. The first-order chi connectivity index (χ1) is 3.92. The first-order valence-corrected chi connectivity index (χ1v) is 4.47. The highest BCUT2D eigenvalue weighted by atomic mass is 35.6. The summed E-state index contributed by atoms with van der Waals surface area (Å²) in [5.41, 5.74) is 0. The second-order valence-corrected chi connectivity index (χ2v) is 4.96. The molecule has 0 aliphatic heterocycles. The topological polar surface area (TPSA) is 37.3 Å². The van der Waals surface area contributed by atoms with Crippen molar-refractivity contribution in [2.24, 2.45) is 0 Å². The van der Waals surface area contributed by atoms with E-state index in [2.05, 4.69) is 0 Å². The number of rotatable bonds is 2. The Morgan fingerprint density at radius 1 is 1.44 bits per heavy atom. The van der Waals surface area contributed by atoms with Gasteiger partial charge in [-0.05, 0) is 0 Å². The Hall–Kier alpha value is 0.980. The van der Waals surface area contributed by atoms with Crippen LogP contribution in [-0.2, 0) is 11.1 Å². The molecule has 0 rings (SSSR count). The normalized spacial score (nSPS) is 15.6. The van der Waals surface area contributed by atoms with Gasteiger partial charge in [0.1, 0.15) is 0 Å². The number of hydrogen-bond donors (Lipinski definition) is 1. The predicted octanol–water partition coefficient (Wildman–Crippen LogP) is 1.97. The standard InChI is InChI=1S/C3H5Cl3O2S/c4-3(5,6)1-2-9(7)8/h1-2H2,(H,7,8). The summed E-state index contributed by atoms with van der Waals surface area (Å²) < 4.78 is 16.8. The smallest absolute Gasteiger partial charge is 0.191 e. The van der Waals surface area contributed by atoms with Gasteiger partial charge >= 0.3 is 0 Å². The first-order valence-electron chi connectivity index (χ1n) is 2.06. The Morgan fingerprint density at radius 2 is 1.89 bits per heavy atom. The maximum Gasteiger partial charge on any atom is 0.191 e. The molecule has 1 unspecified atom stereocenters. The SMILES string of the molecule is O=S(O)CCC(Cl)(Cl)Cl. The van der Waals surface area contributed by atoms with Crippen molar-refractivity contribution in [3.05, 3.63) is 0 Å². The second kappa shape index (κ2) is 3.98. The fourth-order valence-corrected chi connectivity index (χ4v) is 1.30. The Labute approximate surface area is 70.8 Å². The Kier molecular flexibility index (Phi) is 4.42. The zero-order valence-corrected chi connectivity index (χ0v) is 7.40. The highest BCUT2D eigenvalue weighted by Gasteiger charge is 2.19. The summed E-state index contributed by atoms with van der Waals surface area (Å²) in [6, 6.07) is 0. The molecule has 0 aliphatic rings. The van der Waals surface area contributed by atoms with Gasteiger partial charge in [-0.3, -0.25) is 0 Å². The van der Waals surface area contributed by atoms with Gasteiger partial charge in [0, 0.05) is 6.42 Å². The summed E-state index contributed by atoms with van der Waals surface area (Å²) in [5, 5.41) is 0. The highest BCUT2D eigenvalue weighted by molar-refractivity contribution is 7.79. The van der Waals surface area contributed by atoms with Crippen LogP contribution in [0, 0.1) is 0 Å². The van der Waals surface area contributed by atoms with Crippen LogP contribution in [0.15, 0.2) is 0 Å². The van der Waals surface area contributed by atoms with Crippen LogP contribution in [0.4, 0.5) is 0 Å². The van der Waals surface area contributed by atoms with Crippen molar-refractivity contribution in [1.29, 1.82) is 0 Å². The molecule has 56 valence electrons. The summed E-state index contributed by atoms with van der Waals surface area (Å²) in [6.07, 6.45) is 0.0980. The van der Waals surface area contributed by atoms with E-state index in [-0.39, 0.29) is 12.2 Å². The molecule has 0 saturated heterocycles. The predicted molar refractivity (Wildman–Crippen MR) is 40.5 cm³/mol. The maximum atomic E-state index is 9.98. The van der Waals surface area contributed by atoms with Gasteiger partial charge in [-0.25, -0.2) is 4.21 Å². The number of alkyl halides is 3. The lowest BCUT2D eigenvalue weighted by Gasteiger charge is -2.06. The molecule has 0 amide bonds. The largest absolute Gasteiger partial charge is 0.306 e. The van der Waals surface area contributed by atoms with Crippen molar-refractivity contribution >= 4 is 45.9 Å². The molecule has 1 atom stereocenters. The van der Waals surface area contributed by atoms with Crippen LogP contribution in [0.2, 0.25) is 0 Å². The van der Waals surface area contributed by atoms with Gasteiger partial charge in [0.2, 0.25) is 0 Å². The molecule has 0 saturated carbocycles. The quantitative estimate of drug-likeness (QED) is 0.560. The highest BCUT2D eigenvalue weighted by Crippen LogP contribution is 2.29. The third-order valence-electron chi connectivity index (χ3n) is 0.560. The van der Waals surface area contributed by atoms with Crippen molar-refractivity contribution in [2.75, 3.05) is 5.75 Å². The van der Waals surface area contributed by atoms with E-state index in [0.717, 1.165) is 0 Å². The lowest BCUT2D eigenvalue weighted by molar-refractivity contribution is 0.562. The zero-order valence-electron chi connectivity index (χ0n) is 4.31. The van der Waals surface area contributed by atoms with Gasteiger partial charge in [0.05, 0.1) is 5.75 Å². The molecular formula is C3H5Cl3O2S. The molecular weight excluding hydrogens is 206 g/mol. The Balaban J connectivity index is 3.39. The summed E-state index contributed by atoms with van der Waals surface area (Å²) >= 11 is 13.9. The van der Waals surface area contributed by atoms with E-state index in [1.54, 1.807) is 0 Å². The maximum absolute atomic E-state index is 9.98. The van der Waals surface area contributed by atoms with Crippen LogP contribution in [-0.4, -0.2) is 18.3 Å². The van der Waals surface area contributed by atoms with Gasteiger partial charge in [-0.1, -0.05) is 34.8 Å². The van der Waals surface area contributed by atoms with Crippen molar-refractivity contribution in [3.8, 4) is 0 Å². The fraction of sp³-hybridized carbons (Fsp3) is 1.00. The Morgan fingerprint density at radius 3 is 2.00 bits per heavy atom. The molecule has 0 fully saturated rings. The molecule has 0 radical (unpaired) electrons. The van der Waals surface area contributed by atoms with Crippen LogP contribution in [0.25, 0.3) is 0 Å². The second-order valence-electron chi connectivity index (χ2n) is 1.39. The summed E-state index contributed by atoms with van der Waals surface area (Å²) in [5.74, 6) is -0.00347. The van der Waals surface area contributed by atoms with E-state index < -0.39 is 14.9 Å². The lowest BCUT2D eigenvalue weighted by Crippen LogP contribution is -2.07. The summed E-state index contributed by atoms with van der Waals surface area (Å²) in [6.45, 7) is 0. The first kappa shape index (κ1) is 9.98. The lowest BCUT2D eigenvalue weighted by atomic mass is 10.6. The molecule has 0 aromatic heterocycles. The molecule has 0 aliphatic carbocycles. The van der Waals surface area contributed by atoms with Gasteiger partial charge in [-0.2, -0.15) is 0 Å². The van der Waals surface area contributed by atoms with E-state index in [9.17, 15) is 4.21 Å². The van der Waals surface area contributed by atoms with E-state index in [1.165, 1.54) is 0 Å². The fourth-order valence-electron chi connectivity index (χ4n) is 0.203. The molecule has 0 spiro atoms. The minimum Gasteiger partial charge on any atom is -0.306 e. The van der Waals surface area contributed by atoms with E-state index in [0.29, 0.717) is 0 Å². The van der Waals surface area contributed by atoms with Crippen LogP contribution in [0.5, 0.6) is 0 Å². The average molecular weight is 211 g/mol. The molecule has 9 heavy (non-hydrogen) atoms. The van der Waals surface area contributed by atoms with Gasteiger partial charge in [0.15, 0.2) is 14.9 Å². The van der Waals surface area contributed by atoms with Crippen molar-refractivity contribution in [1.82, 2.24) is 0 Å². The van der Waals surface area contributed by atoms with Crippen LogP contribution >= 0.6 is 34.8 Å². The van der Waals surface area contributed by atoms with Crippen LogP contribution in [0.1, 0.15) is 6.42 Å². The molecule has 0 bridgehead atoms. The van der Waals surface area contributed by atoms with Crippen molar-refractivity contribution < 1.29 is 8.76 Å². The van der Waals surface area contributed by atoms with E-state index in [4.69, 9.17) is 39.4 Å². The summed E-state index contributed by atoms with van der Waals surface area (Å²) in [4.78, 5) is 0. The van der Waals surface area contributed by atoms with E-state index >= 15 is 0 Å². The Bertz CT molecular complexity index is 110. The number of halogens is 3. The number of hydrogen-bond acceptors (Lipinski definition) is 1. The minimum atomic E-state index is -1.87. The van der Waals surface area contributed by atoms with Gasteiger partial charge in [-0.15, -0.1) is 0 Å². The molecule has 2 nitrogen and oxygen atoms in total. The minimum absolute atomic E-state index is 0.00347. The van der Waals surface area contributed by atoms with Gasteiger partial charge < -0.3 is 4.55 Å². The molecule has 0 aromatic carbocycles. The van der Waals surface area contributed by atoms with Gasteiger partial charge in [0.25, 0.3) is 0 Å². The van der Waals surface area contributed by atoms with Crippen molar-refractivity contribution in [3.63, 3.8) is 0 Å². The molecule has 0 aromatic rings. The zero-order chi connectivity index (χ0) is 7.49. The third kappa shape index (κ3) is 8.98. The summed E-state index contributed by atoms with van der Waals surface area (Å²) in [7, 11) is 0.